The van der Waals surface area contributed by atoms with Gasteiger partial charge in [-0.25, -0.2) is 9.97 Å². The number of hydrogen-bond acceptors (Lipinski definition) is 5. The van der Waals surface area contributed by atoms with Crippen molar-refractivity contribution in [2.75, 3.05) is 11.9 Å². The lowest BCUT2D eigenvalue weighted by Gasteiger charge is -2.14. The summed E-state index contributed by atoms with van der Waals surface area (Å²) in [6.45, 7) is 6.79. The molecule has 1 unspecified atom stereocenters. The second-order valence-corrected chi connectivity index (χ2v) is 5.86. The molecule has 0 spiro atoms. The number of rotatable bonds is 5. The third-order valence-corrected chi connectivity index (χ3v) is 3.87. The van der Waals surface area contributed by atoms with Crippen molar-refractivity contribution in [1.29, 1.82) is 0 Å². The van der Waals surface area contributed by atoms with Gasteiger partial charge in [-0.05, 0) is 30.2 Å². The quantitative estimate of drug-likeness (QED) is 0.873. The van der Waals surface area contributed by atoms with Crippen molar-refractivity contribution in [3.8, 4) is 0 Å². The molecule has 0 aromatic carbocycles. The van der Waals surface area contributed by atoms with Gasteiger partial charge in [-0.1, -0.05) is 13.8 Å². The van der Waals surface area contributed by atoms with Gasteiger partial charge in [0.1, 0.15) is 12.1 Å². The highest BCUT2D eigenvalue weighted by atomic mass is 32.1. The summed E-state index contributed by atoms with van der Waals surface area (Å²) in [5, 5.41) is 15.1. The van der Waals surface area contributed by atoms with Gasteiger partial charge in [0.2, 0.25) is 0 Å². The average molecular weight is 265 g/mol. The molecule has 0 saturated carbocycles. The molecule has 0 aliphatic rings. The lowest BCUT2D eigenvalue weighted by molar-refractivity contribution is 0.161. The van der Waals surface area contributed by atoms with Crippen LogP contribution in [0.25, 0.3) is 10.2 Å². The first-order chi connectivity index (χ1) is 8.58. The van der Waals surface area contributed by atoms with Crippen molar-refractivity contribution in [1.82, 2.24) is 9.97 Å². The van der Waals surface area contributed by atoms with E-state index in [1.807, 2.05) is 6.92 Å². The molecule has 0 bridgehead atoms. The Hall–Kier alpha value is -1.20. The minimum Gasteiger partial charge on any atom is -0.391 e. The number of aliphatic hydroxyl groups excluding tert-OH is 1. The number of hydrogen-bond donors (Lipinski definition) is 2. The smallest absolute Gasteiger partial charge is 0.147 e. The van der Waals surface area contributed by atoms with Crippen LogP contribution in [0.2, 0.25) is 0 Å². The molecular weight excluding hydrogens is 246 g/mol. The molecule has 0 radical (unpaired) electrons. The van der Waals surface area contributed by atoms with E-state index in [4.69, 9.17) is 0 Å². The van der Waals surface area contributed by atoms with Crippen molar-refractivity contribution in [3.05, 3.63) is 17.3 Å². The molecule has 1 atom stereocenters. The molecule has 2 aromatic heterocycles. The van der Waals surface area contributed by atoms with Crippen molar-refractivity contribution < 1.29 is 5.11 Å². The van der Waals surface area contributed by atoms with E-state index in [-0.39, 0.29) is 6.10 Å². The van der Waals surface area contributed by atoms with Crippen molar-refractivity contribution in [3.63, 3.8) is 0 Å². The summed E-state index contributed by atoms with van der Waals surface area (Å²) in [5.41, 5.74) is 2.17. The molecule has 2 aromatic rings. The zero-order valence-corrected chi connectivity index (χ0v) is 11.8. The predicted molar refractivity (Wildman–Crippen MR) is 76.1 cm³/mol. The summed E-state index contributed by atoms with van der Waals surface area (Å²) >= 11 is 1.64. The molecule has 18 heavy (non-hydrogen) atoms. The van der Waals surface area contributed by atoms with Crippen molar-refractivity contribution in [2.24, 2.45) is 5.92 Å². The third-order valence-electron chi connectivity index (χ3n) is 2.78. The van der Waals surface area contributed by atoms with Crippen LogP contribution in [0, 0.1) is 12.8 Å². The van der Waals surface area contributed by atoms with Crippen LogP contribution in [0.4, 0.5) is 5.82 Å². The summed E-state index contributed by atoms with van der Waals surface area (Å²) in [7, 11) is 0. The second-order valence-electron chi connectivity index (χ2n) is 4.98. The molecule has 2 rings (SSSR count). The molecule has 0 amide bonds. The van der Waals surface area contributed by atoms with Gasteiger partial charge in [0.05, 0.1) is 16.3 Å². The van der Waals surface area contributed by atoms with Gasteiger partial charge in [0.25, 0.3) is 0 Å². The van der Waals surface area contributed by atoms with E-state index < -0.39 is 0 Å². The van der Waals surface area contributed by atoms with Crippen LogP contribution in [-0.2, 0) is 0 Å². The summed E-state index contributed by atoms with van der Waals surface area (Å²) in [5.74, 6) is 1.32. The second kappa shape index (κ2) is 5.63. The maximum atomic E-state index is 9.86. The number of nitrogens with zero attached hydrogens (tertiary/aromatic N) is 2. The molecule has 0 aliphatic heterocycles. The fourth-order valence-corrected chi connectivity index (χ4v) is 2.91. The molecule has 4 nitrogen and oxygen atoms in total. The normalized spacial score (nSPS) is 13.2. The predicted octanol–water partition coefficient (Wildman–Crippen LogP) is 2.82. The monoisotopic (exact) mass is 265 g/mol. The third kappa shape index (κ3) is 2.97. The lowest BCUT2D eigenvalue weighted by Crippen LogP contribution is -2.21. The van der Waals surface area contributed by atoms with Gasteiger partial charge in [-0.2, -0.15) is 0 Å². The van der Waals surface area contributed by atoms with Gasteiger partial charge in [-0.3, -0.25) is 0 Å². The molecule has 2 heterocycles. The van der Waals surface area contributed by atoms with Crippen molar-refractivity contribution >= 4 is 27.4 Å². The number of aryl methyl sites for hydroxylation is 1. The number of aromatic nitrogens is 2. The Balaban J connectivity index is 2.08. The maximum absolute atomic E-state index is 9.86. The number of thiophene rings is 1. The highest BCUT2D eigenvalue weighted by Crippen LogP contribution is 2.28. The van der Waals surface area contributed by atoms with Crippen LogP contribution < -0.4 is 5.32 Å². The van der Waals surface area contributed by atoms with E-state index >= 15 is 0 Å². The number of fused-ring (bicyclic) bond motifs is 1. The summed E-state index contributed by atoms with van der Waals surface area (Å²) < 4.78 is 1.06. The molecule has 5 heteroatoms. The van der Waals surface area contributed by atoms with E-state index in [2.05, 4.69) is 34.5 Å². The van der Waals surface area contributed by atoms with E-state index in [0.29, 0.717) is 12.5 Å². The molecular formula is C13H19N3OS. The average Bonchev–Trinajstić information content (AvgIpc) is 2.68. The van der Waals surface area contributed by atoms with Crippen LogP contribution in [0.5, 0.6) is 0 Å². The topological polar surface area (TPSA) is 58.0 Å². The van der Waals surface area contributed by atoms with Crippen molar-refractivity contribution in [2.45, 2.75) is 33.3 Å². The van der Waals surface area contributed by atoms with E-state index in [1.54, 1.807) is 17.7 Å². The Kier molecular flexibility index (Phi) is 4.14. The Morgan fingerprint density at radius 1 is 1.39 bits per heavy atom. The minimum absolute atomic E-state index is 0.337. The first-order valence-corrected chi connectivity index (χ1v) is 7.06. The van der Waals surface area contributed by atoms with E-state index in [9.17, 15) is 5.11 Å². The van der Waals surface area contributed by atoms with Crippen LogP contribution in [-0.4, -0.2) is 27.7 Å². The first kappa shape index (κ1) is 13.2. The van der Waals surface area contributed by atoms with E-state index in [1.165, 1.54) is 5.56 Å². The largest absolute Gasteiger partial charge is 0.391 e. The standard InChI is InChI=1S/C13H19N3OS/c1-8(2)4-10(17)5-14-13-12-11(15-7-16-13)9(3)6-18-12/h6-8,10,17H,4-5H2,1-3H3,(H,14,15,16). The highest BCUT2D eigenvalue weighted by Gasteiger charge is 2.10. The first-order valence-electron chi connectivity index (χ1n) is 6.18. The van der Waals surface area contributed by atoms with Crippen LogP contribution in [0.3, 0.4) is 0 Å². The SMILES string of the molecule is Cc1csc2c(NCC(O)CC(C)C)ncnc12. The van der Waals surface area contributed by atoms with Gasteiger partial charge in [0.15, 0.2) is 0 Å². The molecule has 0 aliphatic carbocycles. The van der Waals surface area contributed by atoms with Crippen LogP contribution in [0.1, 0.15) is 25.8 Å². The maximum Gasteiger partial charge on any atom is 0.147 e. The van der Waals surface area contributed by atoms with Crippen LogP contribution >= 0.6 is 11.3 Å². The summed E-state index contributed by atoms with van der Waals surface area (Å²) in [6, 6.07) is 0. The van der Waals surface area contributed by atoms with Gasteiger partial charge >= 0.3 is 0 Å². The zero-order chi connectivity index (χ0) is 13.1. The Bertz CT molecular complexity index is 524. The Morgan fingerprint density at radius 3 is 2.89 bits per heavy atom. The van der Waals surface area contributed by atoms with Gasteiger partial charge in [-0.15, -0.1) is 11.3 Å². The van der Waals surface area contributed by atoms with Gasteiger partial charge < -0.3 is 10.4 Å². The Labute approximate surface area is 111 Å². The summed E-state index contributed by atoms with van der Waals surface area (Å²) in [4.78, 5) is 8.52. The molecule has 2 N–H and O–H groups in total. The summed E-state index contributed by atoms with van der Waals surface area (Å²) in [6.07, 6.45) is 2.03. The minimum atomic E-state index is -0.337. The number of aliphatic hydroxyl groups is 1. The highest BCUT2D eigenvalue weighted by molar-refractivity contribution is 7.18. The fraction of sp³-hybridized carbons (Fsp3) is 0.538. The number of anilines is 1. The molecule has 0 fully saturated rings. The van der Waals surface area contributed by atoms with Crippen LogP contribution in [0.15, 0.2) is 11.7 Å². The van der Waals surface area contributed by atoms with Gasteiger partial charge in [0, 0.05) is 6.54 Å². The Morgan fingerprint density at radius 2 is 2.17 bits per heavy atom. The van der Waals surface area contributed by atoms with E-state index in [0.717, 1.165) is 22.5 Å². The fourth-order valence-electron chi connectivity index (χ4n) is 1.94. The zero-order valence-electron chi connectivity index (χ0n) is 11.0. The molecule has 0 saturated heterocycles. The number of nitrogens with one attached hydrogen (secondary N) is 1. The molecule has 98 valence electrons. The lowest BCUT2D eigenvalue weighted by atomic mass is 10.1.